The van der Waals surface area contributed by atoms with Crippen LogP contribution in [0.1, 0.15) is 63.1 Å². The van der Waals surface area contributed by atoms with Crippen LogP contribution in [0.5, 0.6) is 5.75 Å². The summed E-state index contributed by atoms with van der Waals surface area (Å²) in [6.45, 7) is 6.44. The summed E-state index contributed by atoms with van der Waals surface area (Å²) in [4.78, 5) is 35.4. The average Bonchev–Trinajstić information content (AvgIpc) is 2.94. The van der Waals surface area contributed by atoms with Crippen molar-refractivity contribution < 1.29 is 18.6 Å². The van der Waals surface area contributed by atoms with Gasteiger partial charge in [0, 0.05) is 18.2 Å². The van der Waals surface area contributed by atoms with Crippen LogP contribution < -0.4 is 26.2 Å². The van der Waals surface area contributed by atoms with E-state index in [0.717, 1.165) is 29.3 Å². The number of hydrogen-bond donors (Lipinski definition) is 3. The number of methoxy groups -OCH3 is 1. The third kappa shape index (κ3) is 6.70. The van der Waals surface area contributed by atoms with Gasteiger partial charge in [0.2, 0.25) is 0 Å². The van der Waals surface area contributed by atoms with Gasteiger partial charge in [0.15, 0.2) is 5.75 Å². The molecule has 3 aromatic rings. The first-order valence-corrected chi connectivity index (χ1v) is 13.8. The van der Waals surface area contributed by atoms with Gasteiger partial charge in [0.25, 0.3) is 10.9 Å². The van der Waals surface area contributed by atoms with E-state index in [2.05, 4.69) is 48.7 Å². The zero-order valence-corrected chi connectivity index (χ0v) is 23.8. The number of halogens is 2. The molecule has 1 saturated carbocycles. The number of hydrogen-bond acceptors (Lipinski definition) is 8. The van der Waals surface area contributed by atoms with Crippen molar-refractivity contribution in [3.8, 4) is 5.75 Å². The average molecular weight is 570 g/mol. The fourth-order valence-electron chi connectivity index (χ4n) is 5.64. The SMILES string of the molecule is COc1c(NC(Cc2cc(F)cc(F)c2)C(O)CNC2(c3cccc(C(C)(C)C)c3)CCC(N=O)CC2)c(=O)c1=O. The summed E-state index contributed by atoms with van der Waals surface area (Å²) in [5, 5.41) is 21.1. The van der Waals surface area contributed by atoms with E-state index in [1.807, 2.05) is 12.1 Å². The molecule has 0 heterocycles. The Morgan fingerprint density at radius 3 is 2.32 bits per heavy atom. The van der Waals surface area contributed by atoms with E-state index in [9.17, 15) is 28.4 Å². The third-order valence-corrected chi connectivity index (χ3v) is 8.13. The molecule has 0 aliphatic heterocycles. The molecule has 3 aromatic carbocycles. The van der Waals surface area contributed by atoms with Gasteiger partial charge in [0.05, 0.1) is 25.3 Å². The lowest BCUT2D eigenvalue weighted by Crippen LogP contribution is -2.52. The van der Waals surface area contributed by atoms with E-state index in [-0.39, 0.29) is 41.4 Å². The van der Waals surface area contributed by atoms with Crippen LogP contribution in [0, 0.1) is 16.5 Å². The summed E-state index contributed by atoms with van der Waals surface area (Å²) in [7, 11) is 1.26. The molecule has 1 aliphatic carbocycles. The third-order valence-electron chi connectivity index (χ3n) is 8.13. The second-order valence-electron chi connectivity index (χ2n) is 12.0. The highest BCUT2D eigenvalue weighted by molar-refractivity contribution is 5.62. The number of benzene rings is 2. The van der Waals surface area contributed by atoms with E-state index in [0.29, 0.717) is 25.7 Å². The number of nitroso groups, excluding NO2 is 1. The standard InChI is InChI=1S/C31H37F2N3O5/c1-30(2,3)19-6-5-7-20(15-19)31(10-8-23(36-40)9-11-31)34-17-25(37)24(14-18-12-21(32)16-22(33)13-18)35-26-27(38)28(39)29(26)41-4/h5-7,12-13,15-16,23-25,34-35,37H,8-11,14,17H2,1-4H3. The molecule has 41 heavy (non-hydrogen) atoms. The second kappa shape index (κ2) is 12.2. The maximum absolute atomic E-state index is 14.0. The largest absolute Gasteiger partial charge is 0.491 e. The Balaban J connectivity index is 1.62. The van der Waals surface area contributed by atoms with Crippen LogP contribution in [-0.4, -0.2) is 36.9 Å². The van der Waals surface area contributed by atoms with Crippen molar-refractivity contribution in [2.75, 3.05) is 19.0 Å². The summed E-state index contributed by atoms with van der Waals surface area (Å²) < 4.78 is 33.0. The Kier molecular flexibility index (Phi) is 9.03. The molecular formula is C31H37F2N3O5. The van der Waals surface area contributed by atoms with Crippen molar-refractivity contribution in [3.63, 3.8) is 0 Å². The van der Waals surface area contributed by atoms with Gasteiger partial charge in [-0.25, -0.2) is 8.78 Å². The monoisotopic (exact) mass is 569 g/mol. The lowest BCUT2D eigenvalue weighted by Gasteiger charge is -2.42. The molecule has 0 amide bonds. The highest BCUT2D eigenvalue weighted by atomic mass is 19.1. The van der Waals surface area contributed by atoms with Gasteiger partial charge in [-0.05, 0) is 66.3 Å². The molecule has 8 nitrogen and oxygen atoms in total. The van der Waals surface area contributed by atoms with E-state index in [1.54, 1.807) is 0 Å². The zero-order chi connectivity index (χ0) is 29.9. The molecule has 1 aliphatic rings. The Bertz CT molecular complexity index is 1430. The van der Waals surface area contributed by atoms with Crippen molar-refractivity contribution in [1.82, 2.24) is 5.32 Å². The maximum atomic E-state index is 14.0. The predicted octanol–water partition coefficient (Wildman–Crippen LogP) is 4.45. The fraction of sp³-hybridized carbons (Fsp3) is 0.484. The van der Waals surface area contributed by atoms with Crippen LogP contribution in [0.25, 0.3) is 0 Å². The van der Waals surface area contributed by atoms with Crippen LogP contribution in [0.2, 0.25) is 0 Å². The molecule has 2 atom stereocenters. The van der Waals surface area contributed by atoms with Gasteiger partial charge in [0.1, 0.15) is 17.3 Å². The van der Waals surface area contributed by atoms with E-state index >= 15 is 0 Å². The summed E-state index contributed by atoms with van der Waals surface area (Å²) >= 11 is 0. The van der Waals surface area contributed by atoms with E-state index < -0.39 is 40.2 Å². The molecule has 2 unspecified atom stereocenters. The van der Waals surface area contributed by atoms with Crippen LogP contribution in [-0.2, 0) is 17.4 Å². The fourth-order valence-corrected chi connectivity index (χ4v) is 5.64. The molecule has 3 N–H and O–H groups in total. The van der Waals surface area contributed by atoms with Gasteiger partial charge < -0.3 is 20.5 Å². The summed E-state index contributed by atoms with van der Waals surface area (Å²) in [5.41, 5.74) is 0.148. The number of ether oxygens (including phenoxy) is 1. The van der Waals surface area contributed by atoms with Crippen LogP contribution in [0.15, 0.2) is 57.2 Å². The molecule has 0 aromatic heterocycles. The first-order chi connectivity index (χ1) is 19.4. The van der Waals surface area contributed by atoms with Crippen LogP contribution in [0.4, 0.5) is 14.5 Å². The van der Waals surface area contributed by atoms with Crippen molar-refractivity contribution in [3.05, 3.63) is 96.1 Å². The van der Waals surface area contributed by atoms with Gasteiger partial charge in [-0.3, -0.25) is 9.59 Å². The number of aliphatic hydroxyl groups is 1. The predicted molar refractivity (Wildman–Crippen MR) is 154 cm³/mol. The summed E-state index contributed by atoms with van der Waals surface area (Å²) in [6.07, 6.45) is 1.20. The highest BCUT2D eigenvalue weighted by Gasteiger charge is 2.39. The normalized spacial score (nSPS) is 20.9. The van der Waals surface area contributed by atoms with Crippen molar-refractivity contribution in [1.29, 1.82) is 0 Å². The molecular weight excluding hydrogens is 532 g/mol. The van der Waals surface area contributed by atoms with E-state index in [1.165, 1.54) is 7.11 Å². The lowest BCUT2D eigenvalue weighted by atomic mass is 9.73. The summed E-state index contributed by atoms with van der Waals surface area (Å²) in [5.74, 6) is -1.69. The first-order valence-electron chi connectivity index (χ1n) is 13.8. The van der Waals surface area contributed by atoms with Crippen molar-refractivity contribution >= 4 is 5.69 Å². The molecule has 220 valence electrons. The van der Waals surface area contributed by atoms with Gasteiger partial charge in [-0.2, -0.15) is 4.91 Å². The lowest BCUT2D eigenvalue weighted by molar-refractivity contribution is 0.120. The van der Waals surface area contributed by atoms with E-state index in [4.69, 9.17) is 4.74 Å². The smallest absolute Gasteiger partial charge is 0.271 e. The first kappa shape index (κ1) is 30.5. The molecule has 0 saturated heterocycles. The molecule has 4 rings (SSSR count). The number of nitrogens with zero attached hydrogens (tertiary/aromatic N) is 1. The van der Waals surface area contributed by atoms with Crippen LogP contribution in [0.3, 0.4) is 0 Å². The second-order valence-corrected chi connectivity index (χ2v) is 12.0. The van der Waals surface area contributed by atoms with Crippen LogP contribution >= 0.6 is 0 Å². The van der Waals surface area contributed by atoms with Crippen molar-refractivity contribution in [2.45, 2.75) is 82.0 Å². The molecule has 0 spiro atoms. The number of anilines is 1. The minimum Gasteiger partial charge on any atom is -0.491 e. The molecule has 0 radical (unpaired) electrons. The molecule has 10 heteroatoms. The molecule has 0 bridgehead atoms. The number of rotatable bonds is 11. The number of aliphatic hydroxyl groups excluding tert-OH is 1. The highest BCUT2D eigenvalue weighted by Crippen LogP contribution is 2.39. The minimum absolute atomic E-state index is 0.0386. The van der Waals surface area contributed by atoms with Gasteiger partial charge in [-0.15, -0.1) is 0 Å². The quantitative estimate of drug-likeness (QED) is 0.231. The molecule has 1 fully saturated rings. The van der Waals surface area contributed by atoms with Gasteiger partial charge >= 0.3 is 0 Å². The Labute approximate surface area is 237 Å². The topological polar surface area (TPSA) is 117 Å². The van der Waals surface area contributed by atoms with Gasteiger partial charge in [-0.1, -0.05) is 50.2 Å². The Hall–Kier alpha value is -3.50. The minimum atomic E-state index is -1.15. The van der Waals surface area contributed by atoms with Crippen molar-refractivity contribution in [2.24, 2.45) is 5.18 Å². The number of nitrogens with one attached hydrogen (secondary N) is 2. The maximum Gasteiger partial charge on any atom is 0.271 e. The Morgan fingerprint density at radius 1 is 1.07 bits per heavy atom. The Morgan fingerprint density at radius 2 is 1.73 bits per heavy atom. The summed E-state index contributed by atoms with van der Waals surface area (Å²) in [6, 6.07) is 10.1. The zero-order valence-electron chi connectivity index (χ0n) is 23.8.